The molecule has 4 aromatic rings. The highest BCUT2D eigenvalue weighted by molar-refractivity contribution is 14.1. The van der Waals surface area contributed by atoms with Crippen molar-refractivity contribution in [2.24, 2.45) is 0 Å². The molecule has 2 aliphatic rings. The fraction of sp³-hybridized carbons (Fsp3) is 0. The summed E-state index contributed by atoms with van der Waals surface area (Å²) in [5.41, 5.74) is 6.32. The van der Waals surface area contributed by atoms with Crippen LogP contribution in [0.1, 0.15) is 22.3 Å². The van der Waals surface area contributed by atoms with E-state index in [4.69, 9.17) is 0 Å². The summed E-state index contributed by atoms with van der Waals surface area (Å²) in [4.78, 5) is 24.3. The zero-order valence-electron chi connectivity index (χ0n) is 20.9. The first-order chi connectivity index (χ1) is 19.9. The molecule has 0 spiro atoms. The molecule has 2 heterocycles. The molecular formula is C30H16Br4I2N2O4. The van der Waals surface area contributed by atoms with Crippen molar-refractivity contribution >= 4 is 155 Å². The van der Waals surface area contributed by atoms with Gasteiger partial charge in [0.15, 0.2) is 0 Å². The van der Waals surface area contributed by atoms with Crippen molar-refractivity contribution in [1.29, 1.82) is 0 Å². The third kappa shape index (κ3) is 6.83. The van der Waals surface area contributed by atoms with Gasteiger partial charge < -0.3 is 20.8 Å². The molecule has 0 atom stereocenters. The van der Waals surface area contributed by atoms with Crippen molar-refractivity contribution in [3.05, 3.63) is 108 Å². The molecule has 0 unspecified atom stereocenters. The van der Waals surface area contributed by atoms with Gasteiger partial charge in [-0.3, -0.25) is 9.59 Å². The lowest BCUT2D eigenvalue weighted by molar-refractivity contribution is -0.111. The van der Waals surface area contributed by atoms with Crippen LogP contribution in [0, 0.1) is 7.14 Å². The number of hydrogen-bond donors (Lipinski definition) is 4. The van der Waals surface area contributed by atoms with Gasteiger partial charge in [-0.25, -0.2) is 0 Å². The third-order valence-corrected chi connectivity index (χ3v) is 9.99. The van der Waals surface area contributed by atoms with E-state index < -0.39 is 0 Å². The maximum absolute atomic E-state index is 12.1. The van der Waals surface area contributed by atoms with Crippen molar-refractivity contribution in [2.45, 2.75) is 0 Å². The highest BCUT2D eigenvalue weighted by Crippen LogP contribution is 2.39. The van der Waals surface area contributed by atoms with Crippen LogP contribution in [0.2, 0.25) is 0 Å². The minimum Gasteiger partial charge on any atom is -0.506 e. The normalized spacial score (nSPS) is 15.2. The zero-order chi connectivity index (χ0) is 30.3. The van der Waals surface area contributed by atoms with Crippen molar-refractivity contribution in [3.63, 3.8) is 0 Å². The molecule has 0 aromatic heterocycles. The van der Waals surface area contributed by atoms with E-state index in [1.807, 2.05) is 48.6 Å². The molecule has 6 rings (SSSR count). The summed E-state index contributed by atoms with van der Waals surface area (Å²) >= 11 is 17.6. The molecule has 212 valence electrons. The minimum atomic E-state index is -0.118. The lowest BCUT2D eigenvalue weighted by Gasteiger charge is -2.04. The molecule has 4 N–H and O–H groups in total. The largest absolute Gasteiger partial charge is 0.506 e. The third-order valence-electron chi connectivity index (χ3n) is 6.23. The van der Waals surface area contributed by atoms with Gasteiger partial charge in [-0.05, 0) is 193 Å². The second-order valence-electron chi connectivity index (χ2n) is 9.07. The first-order valence-electron chi connectivity index (χ1n) is 11.9. The summed E-state index contributed by atoms with van der Waals surface area (Å²) in [5, 5.41) is 25.2. The number of rotatable bonds is 2. The Morgan fingerprint density at radius 2 is 0.905 bits per heavy atom. The fourth-order valence-corrected chi connectivity index (χ4v) is 7.70. The number of phenols is 2. The molecular weight excluding hydrogens is 1030 g/mol. The number of nitrogens with one attached hydrogen (secondary N) is 2. The maximum Gasteiger partial charge on any atom is 0.256 e. The number of hydrogen-bond acceptors (Lipinski definition) is 4. The van der Waals surface area contributed by atoms with E-state index in [0.29, 0.717) is 29.0 Å². The van der Waals surface area contributed by atoms with Gasteiger partial charge in [-0.2, -0.15) is 0 Å². The summed E-state index contributed by atoms with van der Waals surface area (Å²) in [6.07, 6.45) is 3.62. The number of fused-ring (bicyclic) bond motifs is 2. The van der Waals surface area contributed by atoms with Crippen LogP contribution >= 0.6 is 109 Å². The minimum absolute atomic E-state index is 0.118. The SMILES string of the molecule is O=C1Nc2ccc(I)cc2C1=Cc1cc(Br)c(O)c(Br)c1.O=C1Nc2ccc(I)cc2C1=Cc1cc(Br)c(O)c(Br)c1. The average molecular weight is 1040 g/mol. The first-order valence-corrected chi connectivity index (χ1v) is 17.3. The van der Waals surface area contributed by atoms with E-state index in [-0.39, 0.29) is 23.3 Å². The van der Waals surface area contributed by atoms with Crippen LogP contribution in [0.3, 0.4) is 0 Å². The van der Waals surface area contributed by atoms with E-state index in [9.17, 15) is 19.8 Å². The second-order valence-corrected chi connectivity index (χ2v) is 15.0. The highest BCUT2D eigenvalue weighted by Gasteiger charge is 2.25. The van der Waals surface area contributed by atoms with Gasteiger partial charge >= 0.3 is 0 Å². The Balaban J connectivity index is 0.000000168. The van der Waals surface area contributed by atoms with E-state index >= 15 is 0 Å². The van der Waals surface area contributed by atoms with Gasteiger partial charge in [0.25, 0.3) is 11.8 Å². The molecule has 2 aliphatic heterocycles. The number of anilines is 2. The highest BCUT2D eigenvalue weighted by atomic mass is 127. The van der Waals surface area contributed by atoms with Crippen molar-refractivity contribution in [2.75, 3.05) is 10.6 Å². The summed E-state index contributed by atoms with van der Waals surface area (Å²) in [6.45, 7) is 0. The molecule has 0 saturated heterocycles. The first kappa shape index (κ1) is 31.7. The lowest BCUT2D eigenvalue weighted by atomic mass is 10.0. The summed E-state index contributed by atoms with van der Waals surface area (Å²) in [5.74, 6) is 0.0468. The quantitative estimate of drug-likeness (QED) is 0.119. The standard InChI is InChI=1S/2C15H8Br2INO2/c2*16-11-4-7(5-12(17)14(11)20)3-10-9-6-8(18)1-2-13(9)19-15(10)21/h2*1-6,20H,(H,19,21). The Kier molecular flexibility index (Phi) is 9.89. The topological polar surface area (TPSA) is 98.7 Å². The van der Waals surface area contributed by atoms with E-state index in [1.165, 1.54) is 0 Å². The summed E-state index contributed by atoms with van der Waals surface area (Å²) in [6, 6.07) is 18.7. The van der Waals surface area contributed by atoms with Crippen LogP contribution in [0.5, 0.6) is 11.5 Å². The van der Waals surface area contributed by atoms with Crippen LogP contribution in [-0.4, -0.2) is 22.0 Å². The van der Waals surface area contributed by atoms with Gasteiger partial charge in [-0.15, -0.1) is 0 Å². The monoisotopic (exact) mass is 1040 g/mol. The molecule has 0 bridgehead atoms. The van der Waals surface area contributed by atoms with Crippen LogP contribution in [0.15, 0.2) is 78.6 Å². The molecule has 4 aromatic carbocycles. The van der Waals surface area contributed by atoms with Gasteiger partial charge in [0.1, 0.15) is 11.5 Å². The molecule has 0 fully saturated rings. The Morgan fingerprint density at radius 1 is 0.571 bits per heavy atom. The number of carbonyl (C=O) groups excluding carboxylic acids is 2. The summed E-state index contributed by atoms with van der Waals surface area (Å²) in [7, 11) is 0. The van der Waals surface area contributed by atoms with E-state index in [2.05, 4.69) is 120 Å². The fourth-order valence-electron chi connectivity index (χ4n) is 4.28. The van der Waals surface area contributed by atoms with Crippen molar-refractivity contribution < 1.29 is 19.8 Å². The Bertz CT molecular complexity index is 1690. The summed E-state index contributed by atoms with van der Waals surface area (Å²) < 4.78 is 4.44. The number of halogens is 6. The van der Waals surface area contributed by atoms with Crippen molar-refractivity contribution in [1.82, 2.24) is 0 Å². The lowest BCUT2D eigenvalue weighted by Crippen LogP contribution is -2.03. The van der Waals surface area contributed by atoms with E-state index in [0.717, 1.165) is 40.8 Å². The van der Waals surface area contributed by atoms with Crippen LogP contribution < -0.4 is 10.6 Å². The number of aromatic hydroxyl groups is 2. The Morgan fingerprint density at radius 3 is 1.24 bits per heavy atom. The number of amides is 2. The second kappa shape index (κ2) is 13.1. The van der Waals surface area contributed by atoms with Gasteiger partial charge in [0.05, 0.1) is 17.9 Å². The van der Waals surface area contributed by atoms with Gasteiger partial charge in [0, 0.05) is 40.8 Å². The molecule has 12 heteroatoms. The molecule has 0 aliphatic carbocycles. The van der Waals surface area contributed by atoms with Crippen LogP contribution in [0.25, 0.3) is 23.3 Å². The number of carbonyl (C=O) groups is 2. The predicted molar refractivity (Wildman–Crippen MR) is 198 cm³/mol. The van der Waals surface area contributed by atoms with Gasteiger partial charge in [0.2, 0.25) is 0 Å². The van der Waals surface area contributed by atoms with Crippen LogP contribution in [0.4, 0.5) is 11.4 Å². The van der Waals surface area contributed by atoms with E-state index in [1.54, 1.807) is 24.3 Å². The van der Waals surface area contributed by atoms with Crippen molar-refractivity contribution in [3.8, 4) is 11.5 Å². The Labute approximate surface area is 301 Å². The molecule has 6 nitrogen and oxygen atoms in total. The van der Waals surface area contributed by atoms with Crippen LogP contribution in [-0.2, 0) is 9.59 Å². The predicted octanol–water partition coefficient (Wildman–Crippen LogP) is 10.0. The number of benzene rings is 4. The average Bonchev–Trinajstić information content (AvgIpc) is 3.40. The molecule has 2 amide bonds. The zero-order valence-corrected chi connectivity index (χ0v) is 31.6. The smallest absolute Gasteiger partial charge is 0.256 e. The molecule has 0 saturated carbocycles. The molecule has 0 radical (unpaired) electrons. The number of phenolic OH excluding ortho intramolecular Hbond substituents is 2. The van der Waals surface area contributed by atoms with Gasteiger partial charge in [-0.1, -0.05) is 0 Å². The maximum atomic E-state index is 12.1. The molecule has 42 heavy (non-hydrogen) atoms. The Hall–Kier alpha value is -1.72.